The molecule has 0 aromatic carbocycles. The molecule has 1 amide bonds. The first-order valence-corrected chi connectivity index (χ1v) is 6.09. The van der Waals surface area contributed by atoms with E-state index in [9.17, 15) is 4.79 Å². The largest absolute Gasteiger partial charge is 0.379 e. The summed E-state index contributed by atoms with van der Waals surface area (Å²) in [5.41, 5.74) is -0.107. The number of nitrogens with one attached hydrogen (secondary N) is 1. The van der Waals surface area contributed by atoms with Crippen LogP contribution in [0.15, 0.2) is 0 Å². The van der Waals surface area contributed by atoms with Crippen molar-refractivity contribution in [2.75, 3.05) is 33.3 Å². The molecule has 4 heteroatoms. The highest BCUT2D eigenvalue weighted by Gasteiger charge is 2.18. The van der Waals surface area contributed by atoms with Gasteiger partial charge < -0.3 is 15.0 Å². The van der Waals surface area contributed by atoms with Gasteiger partial charge in [-0.3, -0.25) is 4.79 Å². The Labute approximate surface area is 98.3 Å². The maximum absolute atomic E-state index is 11.7. The Bertz CT molecular complexity index is 223. The summed E-state index contributed by atoms with van der Waals surface area (Å²) in [5, 5.41) is 3.18. The van der Waals surface area contributed by atoms with Gasteiger partial charge in [0, 0.05) is 20.2 Å². The van der Waals surface area contributed by atoms with E-state index in [-0.39, 0.29) is 11.5 Å². The molecular weight excluding hydrogens is 204 g/mol. The first-order chi connectivity index (χ1) is 7.55. The van der Waals surface area contributed by atoms with Crippen molar-refractivity contribution in [1.82, 2.24) is 10.2 Å². The molecule has 0 aliphatic carbocycles. The number of likely N-dealkylation sites (tertiary alicyclic amines) is 1. The first-order valence-electron chi connectivity index (χ1n) is 6.09. The smallest absolute Gasteiger partial charge is 0.236 e. The minimum atomic E-state index is -0.107. The van der Waals surface area contributed by atoms with Crippen molar-refractivity contribution >= 4 is 5.91 Å². The van der Waals surface area contributed by atoms with Crippen LogP contribution in [-0.2, 0) is 9.53 Å². The van der Waals surface area contributed by atoms with E-state index >= 15 is 0 Å². The molecule has 0 unspecified atom stereocenters. The molecule has 0 bridgehead atoms. The van der Waals surface area contributed by atoms with Gasteiger partial charge in [0.2, 0.25) is 5.91 Å². The van der Waals surface area contributed by atoms with Crippen molar-refractivity contribution in [2.45, 2.75) is 38.7 Å². The zero-order chi connectivity index (χ0) is 12.0. The predicted octanol–water partition coefficient (Wildman–Crippen LogP) is 1.01. The molecule has 0 atom stereocenters. The molecule has 1 rings (SSSR count). The fourth-order valence-corrected chi connectivity index (χ4v) is 1.77. The number of ether oxygens (including phenoxy) is 1. The van der Waals surface area contributed by atoms with Crippen LogP contribution in [0, 0.1) is 0 Å². The summed E-state index contributed by atoms with van der Waals surface area (Å²) >= 11 is 0. The zero-order valence-corrected chi connectivity index (χ0v) is 10.7. The Balaban J connectivity index is 2.08. The standard InChI is InChI=1S/C12H24N2O2/c1-12(2,16-3)6-7-13-10-11(15)14-8-4-5-9-14/h13H,4-10H2,1-3H3. The minimum Gasteiger partial charge on any atom is -0.379 e. The molecule has 1 fully saturated rings. The number of carbonyl (C=O) groups excluding carboxylic acids is 1. The fourth-order valence-electron chi connectivity index (χ4n) is 1.77. The molecule has 94 valence electrons. The average Bonchev–Trinajstić information content (AvgIpc) is 2.77. The molecule has 1 saturated heterocycles. The number of carbonyl (C=O) groups is 1. The number of hydrogen-bond acceptors (Lipinski definition) is 3. The van der Waals surface area contributed by atoms with Gasteiger partial charge in [0.1, 0.15) is 0 Å². The summed E-state index contributed by atoms with van der Waals surface area (Å²) in [6.07, 6.45) is 3.22. The van der Waals surface area contributed by atoms with Gasteiger partial charge in [0.05, 0.1) is 12.1 Å². The van der Waals surface area contributed by atoms with Crippen molar-refractivity contribution in [2.24, 2.45) is 0 Å². The van der Waals surface area contributed by atoms with Gasteiger partial charge in [0.15, 0.2) is 0 Å². The molecule has 0 aromatic rings. The van der Waals surface area contributed by atoms with Crippen molar-refractivity contribution < 1.29 is 9.53 Å². The highest BCUT2D eigenvalue weighted by atomic mass is 16.5. The summed E-state index contributed by atoms with van der Waals surface area (Å²) in [6.45, 7) is 7.25. The van der Waals surface area contributed by atoms with E-state index in [1.807, 2.05) is 4.90 Å². The molecule has 16 heavy (non-hydrogen) atoms. The molecule has 0 radical (unpaired) electrons. The lowest BCUT2D eigenvalue weighted by Gasteiger charge is -2.23. The molecule has 0 aromatic heterocycles. The second-order valence-electron chi connectivity index (χ2n) is 4.98. The Morgan fingerprint density at radius 1 is 1.38 bits per heavy atom. The maximum atomic E-state index is 11.7. The second kappa shape index (κ2) is 6.21. The quantitative estimate of drug-likeness (QED) is 0.690. The van der Waals surface area contributed by atoms with Crippen LogP contribution < -0.4 is 5.32 Å². The summed E-state index contributed by atoms with van der Waals surface area (Å²) in [4.78, 5) is 13.6. The van der Waals surface area contributed by atoms with Crippen molar-refractivity contribution in [3.8, 4) is 0 Å². The van der Waals surface area contributed by atoms with Crippen LogP contribution in [0.5, 0.6) is 0 Å². The van der Waals surface area contributed by atoms with Crippen molar-refractivity contribution in [1.29, 1.82) is 0 Å². The number of nitrogens with zero attached hydrogens (tertiary/aromatic N) is 1. The normalized spacial score (nSPS) is 16.8. The summed E-state index contributed by atoms with van der Waals surface area (Å²) < 4.78 is 5.31. The summed E-state index contributed by atoms with van der Waals surface area (Å²) in [5.74, 6) is 0.229. The topological polar surface area (TPSA) is 41.6 Å². The highest BCUT2D eigenvalue weighted by molar-refractivity contribution is 5.78. The van der Waals surface area contributed by atoms with E-state index in [0.29, 0.717) is 6.54 Å². The van der Waals surface area contributed by atoms with Gasteiger partial charge in [-0.15, -0.1) is 0 Å². The Kier molecular flexibility index (Phi) is 5.22. The van der Waals surface area contributed by atoms with Gasteiger partial charge in [-0.25, -0.2) is 0 Å². The maximum Gasteiger partial charge on any atom is 0.236 e. The van der Waals surface area contributed by atoms with Gasteiger partial charge in [0.25, 0.3) is 0 Å². The van der Waals surface area contributed by atoms with E-state index < -0.39 is 0 Å². The van der Waals surface area contributed by atoms with E-state index in [0.717, 1.165) is 38.9 Å². The second-order valence-corrected chi connectivity index (χ2v) is 4.98. The first kappa shape index (κ1) is 13.5. The Hall–Kier alpha value is -0.610. The molecule has 0 spiro atoms. The number of hydrogen-bond donors (Lipinski definition) is 1. The van der Waals surface area contributed by atoms with Crippen LogP contribution >= 0.6 is 0 Å². The van der Waals surface area contributed by atoms with Crippen molar-refractivity contribution in [3.05, 3.63) is 0 Å². The van der Waals surface area contributed by atoms with E-state index in [1.165, 1.54) is 0 Å². The van der Waals surface area contributed by atoms with Crippen LogP contribution in [-0.4, -0.2) is 49.7 Å². The van der Waals surface area contributed by atoms with Crippen LogP contribution in [0.25, 0.3) is 0 Å². The zero-order valence-electron chi connectivity index (χ0n) is 10.7. The summed E-state index contributed by atoms with van der Waals surface area (Å²) in [7, 11) is 1.72. The van der Waals surface area contributed by atoms with Gasteiger partial charge in [-0.05, 0) is 39.7 Å². The molecule has 1 aliphatic heterocycles. The minimum absolute atomic E-state index is 0.107. The molecule has 1 N–H and O–H groups in total. The number of rotatable bonds is 6. The highest BCUT2D eigenvalue weighted by Crippen LogP contribution is 2.11. The Morgan fingerprint density at radius 3 is 2.56 bits per heavy atom. The SMILES string of the molecule is COC(C)(C)CCNCC(=O)N1CCCC1. The lowest BCUT2D eigenvalue weighted by molar-refractivity contribution is -0.129. The van der Waals surface area contributed by atoms with Crippen molar-refractivity contribution in [3.63, 3.8) is 0 Å². The number of methoxy groups -OCH3 is 1. The summed E-state index contributed by atoms with van der Waals surface area (Å²) in [6, 6.07) is 0. The number of amides is 1. The Morgan fingerprint density at radius 2 is 2.00 bits per heavy atom. The van der Waals surface area contributed by atoms with Gasteiger partial charge in [-0.1, -0.05) is 0 Å². The third-order valence-electron chi connectivity index (χ3n) is 3.19. The predicted molar refractivity (Wildman–Crippen MR) is 64.4 cm³/mol. The molecule has 1 aliphatic rings. The van der Waals surface area contributed by atoms with Gasteiger partial charge >= 0.3 is 0 Å². The van der Waals surface area contributed by atoms with Gasteiger partial charge in [-0.2, -0.15) is 0 Å². The van der Waals surface area contributed by atoms with E-state index in [2.05, 4.69) is 19.2 Å². The molecule has 0 saturated carbocycles. The lowest BCUT2D eigenvalue weighted by Crippen LogP contribution is -2.38. The van der Waals surface area contributed by atoms with E-state index in [4.69, 9.17) is 4.74 Å². The van der Waals surface area contributed by atoms with E-state index in [1.54, 1.807) is 7.11 Å². The van der Waals surface area contributed by atoms with Crippen LogP contribution in [0.1, 0.15) is 33.1 Å². The average molecular weight is 228 g/mol. The molecular formula is C12H24N2O2. The third kappa shape index (κ3) is 4.49. The van der Waals surface area contributed by atoms with Crippen LogP contribution in [0.2, 0.25) is 0 Å². The van der Waals surface area contributed by atoms with Crippen LogP contribution in [0.3, 0.4) is 0 Å². The third-order valence-corrected chi connectivity index (χ3v) is 3.19. The molecule has 1 heterocycles. The molecule has 4 nitrogen and oxygen atoms in total. The fraction of sp³-hybridized carbons (Fsp3) is 0.917. The lowest BCUT2D eigenvalue weighted by atomic mass is 10.1. The van der Waals surface area contributed by atoms with Crippen LogP contribution in [0.4, 0.5) is 0 Å². The monoisotopic (exact) mass is 228 g/mol.